The van der Waals surface area contributed by atoms with Crippen molar-refractivity contribution < 1.29 is 4.79 Å². The highest BCUT2D eigenvalue weighted by molar-refractivity contribution is 5.77. The van der Waals surface area contributed by atoms with Crippen LogP contribution in [0.25, 0.3) is 0 Å². The second-order valence-electron chi connectivity index (χ2n) is 4.27. The van der Waals surface area contributed by atoms with Gasteiger partial charge < -0.3 is 5.32 Å². The second-order valence-corrected chi connectivity index (χ2v) is 4.27. The number of carbonyl (C=O) groups excluding carboxylic acids is 1. The number of hydrogen-bond acceptors (Lipinski definition) is 2. The molecule has 0 saturated carbocycles. The van der Waals surface area contributed by atoms with Crippen LogP contribution in [0.5, 0.6) is 0 Å². The first-order chi connectivity index (χ1) is 7.56. The summed E-state index contributed by atoms with van der Waals surface area (Å²) in [5, 5.41) is 2.87. The van der Waals surface area contributed by atoms with Gasteiger partial charge in [-0.15, -0.1) is 0 Å². The van der Waals surface area contributed by atoms with E-state index in [1.807, 2.05) is 20.9 Å². The highest BCUT2D eigenvalue weighted by atomic mass is 16.1. The molecule has 0 aromatic carbocycles. The summed E-state index contributed by atoms with van der Waals surface area (Å²) in [6.45, 7) is 12.8. The van der Waals surface area contributed by atoms with E-state index in [0.717, 1.165) is 25.9 Å². The molecule has 0 atom stereocenters. The first-order valence-electron chi connectivity index (χ1n) is 6.51. The Labute approximate surface area is 102 Å². The molecule has 1 N–H and O–H groups in total. The van der Waals surface area contributed by atoms with E-state index in [0.29, 0.717) is 12.5 Å². The Morgan fingerprint density at radius 3 is 2.31 bits per heavy atom. The molecule has 98 valence electrons. The van der Waals surface area contributed by atoms with Crippen LogP contribution in [0.4, 0.5) is 0 Å². The van der Waals surface area contributed by atoms with Crippen LogP contribution < -0.4 is 5.32 Å². The SMILES string of the molecule is CC.CCCNC(=O)CN(C)CCC(C)C. The molecule has 0 spiro atoms. The van der Waals surface area contributed by atoms with Gasteiger partial charge in [0.15, 0.2) is 0 Å². The van der Waals surface area contributed by atoms with E-state index in [-0.39, 0.29) is 5.91 Å². The number of rotatable bonds is 7. The maximum absolute atomic E-state index is 11.3. The molecule has 0 aliphatic heterocycles. The molecule has 0 radical (unpaired) electrons. The van der Waals surface area contributed by atoms with Gasteiger partial charge in [-0.05, 0) is 32.4 Å². The smallest absolute Gasteiger partial charge is 0.234 e. The molecule has 3 heteroatoms. The molecular formula is C13H30N2O. The van der Waals surface area contributed by atoms with Crippen molar-refractivity contribution in [2.75, 3.05) is 26.7 Å². The highest BCUT2D eigenvalue weighted by Gasteiger charge is 2.05. The van der Waals surface area contributed by atoms with E-state index in [1.165, 1.54) is 0 Å². The Morgan fingerprint density at radius 2 is 1.88 bits per heavy atom. The van der Waals surface area contributed by atoms with Crippen molar-refractivity contribution in [1.82, 2.24) is 10.2 Å². The molecular weight excluding hydrogens is 200 g/mol. The van der Waals surface area contributed by atoms with Crippen LogP contribution in [-0.2, 0) is 4.79 Å². The first kappa shape index (κ1) is 17.8. The van der Waals surface area contributed by atoms with Crippen molar-refractivity contribution in [1.29, 1.82) is 0 Å². The Kier molecular flexibility index (Phi) is 13.9. The van der Waals surface area contributed by atoms with E-state index < -0.39 is 0 Å². The summed E-state index contributed by atoms with van der Waals surface area (Å²) in [4.78, 5) is 13.4. The minimum absolute atomic E-state index is 0.137. The lowest BCUT2D eigenvalue weighted by Crippen LogP contribution is -2.36. The van der Waals surface area contributed by atoms with Crippen LogP contribution in [-0.4, -0.2) is 37.5 Å². The van der Waals surface area contributed by atoms with Crippen molar-refractivity contribution in [2.45, 2.75) is 47.5 Å². The molecule has 0 rings (SSSR count). The number of nitrogens with one attached hydrogen (secondary N) is 1. The van der Waals surface area contributed by atoms with E-state index in [2.05, 4.69) is 31.0 Å². The van der Waals surface area contributed by atoms with E-state index in [4.69, 9.17) is 0 Å². The topological polar surface area (TPSA) is 32.3 Å². The molecule has 0 aliphatic carbocycles. The van der Waals surface area contributed by atoms with Crippen LogP contribution in [0, 0.1) is 5.92 Å². The number of amides is 1. The van der Waals surface area contributed by atoms with Gasteiger partial charge in [0.05, 0.1) is 6.54 Å². The lowest BCUT2D eigenvalue weighted by molar-refractivity contribution is -0.121. The summed E-state index contributed by atoms with van der Waals surface area (Å²) in [5.74, 6) is 0.842. The maximum atomic E-state index is 11.3. The van der Waals surface area contributed by atoms with Crippen LogP contribution >= 0.6 is 0 Å². The van der Waals surface area contributed by atoms with Gasteiger partial charge in [0, 0.05) is 6.54 Å². The van der Waals surface area contributed by atoms with Gasteiger partial charge in [-0.25, -0.2) is 0 Å². The average Bonchev–Trinajstić information content (AvgIpc) is 2.26. The third kappa shape index (κ3) is 13.4. The lowest BCUT2D eigenvalue weighted by Gasteiger charge is -2.17. The van der Waals surface area contributed by atoms with Gasteiger partial charge in [-0.3, -0.25) is 9.69 Å². The van der Waals surface area contributed by atoms with E-state index >= 15 is 0 Å². The number of nitrogens with zero attached hydrogens (tertiary/aromatic N) is 1. The molecule has 0 unspecified atom stereocenters. The zero-order valence-electron chi connectivity index (χ0n) is 12.0. The molecule has 3 nitrogen and oxygen atoms in total. The molecule has 0 saturated heterocycles. The van der Waals surface area contributed by atoms with Crippen molar-refractivity contribution in [3.05, 3.63) is 0 Å². The fourth-order valence-corrected chi connectivity index (χ4v) is 1.12. The van der Waals surface area contributed by atoms with Crippen LogP contribution in [0.1, 0.15) is 47.5 Å². The van der Waals surface area contributed by atoms with Gasteiger partial charge in [0.2, 0.25) is 5.91 Å². The van der Waals surface area contributed by atoms with E-state index in [9.17, 15) is 4.79 Å². The Bertz CT molecular complexity index is 158. The van der Waals surface area contributed by atoms with Crippen molar-refractivity contribution in [3.8, 4) is 0 Å². The van der Waals surface area contributed by atoms with Crippen molar-refractivity contribution >= 4 is 5.91 Å². The minimum atomic E-state index is 0.137. The highest BCUT2D eigenvalue weighted by Crippen LogP contribution is 1.99. The third-order valence-electron chi connectivity index (χ3n) is 2.07. The van der Waals surface area contributed by atoms with Crippen LogP contribution in [0.15, 0.2) is 0 Å². The summed E-state index contributed by atoms with van der Waals surface area (Å²) in [7, 11) is 1.99. The maximum Gasteiger partial charge on any atom is 0.234 e. The molecule has 1 amide bonds. The Morgan fingerprint density at radius 1 is 1.31 bits per heavy atom. The minimum Gasteiger partial charge on any atom is -0.355 e. The summed E-state index contributed by atoms with van der Waals surface area (Å²) in [5.41, 5.74) is 0. The summed E-state index contributed by atoms with van der Waals surface area (Å²) < 4.78 is 0. The number of likely N-dealkylation sites (N-methyl/N-ethyl adjacent to an activating group) is 1. The molecule has 0 heterocycles. The zero-order chi connectivity index (χ0) is 13.0. The first-order valence-corrected chi connectivity index (χ1v) is 6.51. The van der Waals surface area contributed by atoms with Gasteiger partial charge in [-0.1, -0.05) is 34.6 Å². The molecule has 0 aromatic heterocycles. The average molecular weight is 230 g/mol. The predicted octanol–water partition coefficient (Wildman–Crippen LogP) is 2.52. The standard InChI is InChI=1S/C11H24N2O.C2H6/c1-5-7-12-11(14)9-13(4)8-6-10(2)3;1-2/h10H,5-9H2,1-4H3,(H,12,14);1-2H3. The monoisotopic (exact) mass is 230 g/mol. The second kappa shape index (κ2) is 12.5. The predicted molar refractivity (Wildman–Crippen MR) is 71.6 cm³/mol. The Balaban J connectivity index is 0. The fraction of sp³-hybridized carbons (Fsp3) is 0.923. The summed E-state index contributed by atoms with van der Waals surface area (Å²) in [6.07, 6.45) is 2.15. The van der Waals surface area contributed by atoms with Gasteiger partial charge in [-0.2, -0.15) is 0 Å². The zero-order valence-corrected chi connectivity index (χ0v) is 12.0. The number of hydrogen-bond donors (Lipinski definition) is 1. The molecule has 0 bridgehead atoms. The largest absolute Gasteiger partial charge is 0.355 e. The van der Waals surface area contributed by atoms with Crippen LogP contribution in [0.3, 0.4) is 0 Å². The molecule has 0 aromatic rings. The molecule has 16 heavy (non-hydrogen) atoms. The fourth-order valence-electron chi connectivity index (χ4n) is 1.12. The van der Waals surface area contributed by atoms with Gasteiger partial charge >= 0.3 is 0 Å². The van der Waals surface area contributed by atoms with Gasteiger partial charge in [0.25, 0.3) is 0 Å². The van der Waals surface area contributed by atoms with E-state index in [1.54, 1.807) is 0 Å². The van der Waals surface area contributed by atoms with Crippen molar-refractivity contribution in [3.63, 3.8) is 0 Å². The number of carbonyl (C=O) groups is 1. The lowest BCUT2D eigenvalue weighted by atomic mass is 10.1. The third-order valence-corrected chi connectivity index (χ3v) is 2.07. The normalized spacial score (nSPS) is 10.0. The Hall–Kier alpha value is -0.570. The quantitative estimate of drug-likeness (QED) is 0.729. The summed E-state index contributed by atoms with van der Waals surface area (Å²) in [6, 6.07) is 0. The van der Waals surface area contributed by atoms with Gasteiger partial charge in [0.1, 0.15) is 0 Å². The van der Waals surface area contributed by atoms with Crippen LogP contribution in [0.2, 0.25) is 0 Å². The molecule has 0 aliphatic rings. The summed E-state index contributed by atoms with van der Waals surface area (Å²) >= 11 is 0. The van der Waals surface area contributed by atoms with Crippen molar-refractivity contribution in [2.24, 2.45) is 5.92 Å². The molecule has 0 fully saturated rings.